The number of nitrogens with two attached hydrogens (primary N) is 2. The molecule has 6 nitrogen and oxygen atoms in total. The van der Waals surface area contributed by atoms with Crippen molar-refractivity contribution in [3.8, 4) is 0 Å². The van der Waals surface area contributed by atoms with E-state index in [2.05, 4.69) is 39.9 Å². The van der Waals surface area contributed by atoms with E-state index in [1.807, 2.05) is 40.7 Å². The molecule has 0 radical (unpaired) electrons. The number of hydrogen-bond donors (Lipinski definition) is 3. The summed E-state index contributed by atoms with van der Waals surface area (Å²) in [6.07, 6.45) is 10.5. The number of nitrogens with one attached hydrogen (secondary N) is 1. The van der Waals surface area contributed by atoms with Crippen LogP contribution in [-0.2, 0) is 0 Å². The Morgan fingerprint density at radius 2 is 1.84 bits per heavy atom. The zero-order valence-electron chi connectivity index (χ0n) is 24.7. The minimum Gasteiger partial charge on any atom is -0.398 e. The van der Waals surface area contributed by atoms with Gasteiger partial charge in [0.1, 0.15) is 5.83 Å². The minimum atomic E-state index is -0.188. The molecule has 2 saturated heterocycles. The van der Waals surface area contributed by atoms with Crippen LogP contribution in [0.4, 0.5) is 21.5 Å². The van der Waals surface area contributed by atoms with Crippen molar-refractivity contribution in [3.63, 3.8) is 0 Å². The largest absolute Gasteiger partial charge is 0.398 e. The summed E-state index contributed by atoms with van der Waals surface area (Å²) in [5, 5.41) is 2.95. The highest BCUT2D eigenvalue weighted by molar-refractivity contribution is 5.74. The third-order valence-electron chi connectivity index (χ3n) is 6.52. The summed E-state index contributed by atoms with van der Waals surface area (Å²) in [6, 6.07) is 4.06. The fourth-order valence-corrected chi connectivity index (χ4v) is 4.50. The quantitative estimate of drug-likeness (QED) is 0.241. The highest BCUT2D eigenvalue weighted by Crippen LogP contribution is 2.41. The first-order valence-electron chi connectivity index (χ1n) is 13.5. The number of hydrogen-bond acceptors (Lipinski definition) is 6. The Bertz CT molecular complexity index is 888. The first-order valence-corrected chi connectivity index (χ1v) is 13.5. The molecule has 2 heterocycles. The van der Waals surface area contributed by atoms with Crippen molar-refractivity contribution in [3.05, 3.63) is 53.5 Å². The molecule has 0 aliphatic carbocycles. The molecule has 0 aromatic heterocycles. The second-order valence-corrected chi connectivity index (χ2v) is 9.50. The summed E-state index contributed by atoms with van der Waals surface area (Å²) < 4.78 is 12.9. The van der Waals surface area contributed by atoms with E-state index in [-0.39, 0.29) is 5.83 Å². The van der Waals surface area contributed by atoms with E-state index in [9.17, 15) is 4.39 Å². The molecule has 7 heteroatoms. The third-order valence-corrected chi connectivity index (χ3v) is 6.52. The molecular weight excluding hydrogens is 463 g/mol. The van der Waals surface area contributed by atoms with Gasteiger partial charge in [0.15, 0.2) is 0 Å². The van der Waals surface area contributed by atoms with Gasteiger partial charge in [0.25, 0.3) is 0 Å². The van der Waals surface area contributed by atoms with Gasteiger partial charge in [-0.15, -0.1) is 0 Å². The number of allylic oxidation sites excluding steroid dienone is 5. The lowest BCUT2D eigenvalue weighted by Gasteiger charge is -2.42. The Labute approximate surface area is 226 Å². The Hall–Kier alpha value is -2.80. The summed E-state index contributed by atoms with van der Waals surface area (Å²) in [4.78, 5) is 8.16. The molecule has 1 atom stereocenters. The topological polar surface area (TPSA) is 82.9 Å². The van der Waals surface area contributed by atoms with Gasteiger partial charge in [-0.25, -0.2) is 4.39 Å². The number of halogens is 1. The normalized spacial score (nSPS) is 19.9. The number of rotatable bonds is 5. The van der Waals surface area contributed by atoms with Crippen molar-refractivity contribution in [2.24, 2.45) is 10.4 Å². The Balaban J connectivity index is 0.000000656. The molecule has 2 aliphatic heterocycles. The number of nitrogens with zero attached hydrogens (tertiary/aromatic N) is 3. The fourth-order valence-electron chi connectivity index (χ4n) is 4.50. The average Bonchev–Trinajstić information content (AvgIpc) is 3.24. The molecule has 2 aliphatic rings. The van der Waals surface area contributed by atoms with Crippen molar-refractivity contribution in [2.45, 2.75) is 60.8 Å². The number of piperidine rings is 1. The van der Waals surface area contributed by atoms with Gasteiger partial charge in [-0.1, -0.05) is 19.9 Å². The van der Waals surface area contributed by atoms with Gasteiger partial charge in [-0.3, -0.25) is 0 Å². The van der Waals surface area contributed by atoms with E-state index >= 15 is 0 Å². The number of anilines is 3. The molecule has 1 unspecified atom stereocenters. The summed E-state index contributed by atoms with van der Waals surface area (Å²) in [5.41, 5.74) is 17.3. The smallest absolute Gasteiger partial charge is 0.125 e. The molecule has 0 bridgehead atoms. The van der Waals surface area contributed by atoms with Crippen LogP contribution >= 0.6 is 0 Å². The van der Waals surface area contributed by atoms with Crippen molar-refractivity contribution < 1.29 is 4.39 Å². The number of benzene rings is 1. The van der Waals surface area contributed by atoms with Crippen LogP contribution in [0.2, 0.25) is 0 Å². The number of aliphatic imine (C=N–C) groups is 1. The molecule has 2 fully saturated rings. The molecule has 0 amide bonds. The van der Waals surface area contributed by atoms with Gasteiger partial charge in [-0.2, -0.15) is 0 Å². The predicted octanol–water partition coefficient (Wildman–Crippen LogP) is 6.35. The predicted molar refractivity (Wildman–Crippen MR) is 164 cm³/mol. The number of nitrogen functional groups attached to an aromatic ring is 2. The van der Waals surface area contributed by atoms with E-state index in [1.165, 1.54) is 38.4 Å². The maximum Gasteiger partial charge on any atom is 0.125 e. The minimum absolute atomic E-state index is 0.188. The summed E-state index contributed by atoms with van der Waals surface area (Å²) in [5.74, 6) is -0.188. The first-order chi connectivity index (χ1) is 17.6. The number of likely N-dealkylation sites (tertiary alicyclic amines) is 1. The maximum atomic E-state index is 12.9. The van der Waals surface area contributed by atoms with E-state index in [4.69, 9.17) is 11.5 Å². The Kier molecular flexibility index (Phi) is 17.0. The van der Waals surface area contributed by atoms with Crippen LogP contribution in [0.1, 0.15) is 59.4 Å². The molecular formula is C30H53FN6. The van der Waals surface area contributed by atoms with Gasteiger partial charge < -0.3 is 31.6 Å². The molecule has 0 saturated carbocycles. The lowest BCUT2D eigenvalue weighted by Crippen LogP contribution is -2.45. The van der Waals surface area contributed by atoms with Crippen molar-refractivity contribution in [1.29, 1.82) is 0 Å². The van der Waals surface area contributed by atoms with Gasteiger partial charge >= 0.3 is 0 Å². The molecule has 1 aromatic carbocycles. The SMILES string of the molecule is C=NC.CC.C\C=C(C)/C(F)=C\C=C\NCC.Cc1cc(N)c(N2CCCC3(CCN(C)C3)C2)cc1N. The van der Waals surface area contributed by atoms with E-state index in [0.717, 1.165) is 42.3 Å². The van der Waals surface area contributed by atoms with Crippen LogP contribution in [0.5, 0.6) is 0 Å². The standard InChI is InChI=1S/C16H26N4.C10H16FN.C2H5N.C2H6/c1-12-8-14(18)15(9-13(12)17)20-6-3-4-16(11-20)5-7-19(2)10-16;1-4-9(3)10(11)7-6-8-12-5-2;1-3-2;1-2/h8-9H,3-7,10-11,17-18H2,1-2H3;4,6-8,12H,5H2,1-3H3;1H2,2H3;1-2H3/b;8-6+,9-4-,10-7+;;. The highest BCUT2D eigenvalue weighted by Gasteiger charge is 2.40. The fraction of sp³-hybridized carbons (Fsp3) is 0.567. The van der Waals surface area contributed by atoms with Gasteiger partial charge in [0, 0.05) is 44.3 Å². The Morgan fingerprint density at radius 3 is 2.38 bits per heavy atom. The zero-order chi connectivity index (χ0) is 28.4. The van der Waals surface area contributed by atoms with Crippen LogP contribution < -0.4 is 21.7 Å². The molecule has 3 rings (SSSR count). The second-order valence-electron chi connectivity index (χ2n) is 9.50. The zero-order valence-corrected chi connectivity index (χ0v) is 24.7. The van der Waals surface area contributed by atoms with Crippen molar-refractivity contribution in [1.82, 2.24) is 10.2 Å². The monoisotopic (exact) mass is 516 g/mol. The summed E-state index contributed by atoms with van der Waals surface area (Å²) in [7, 11) is 3.87. The lowest BCUT2D eigenvalue weighted by molar-refractivity contribution is 0.234. The molecule has 37 heavy (non-hydrogen) atoms. The van der Waals surface area contributed by atoms with Crippen LogP contribution in [0.15, 0.2) is 53.0 Å². The second kappa shape index (κ2) is 18.4. The van der Waals surface area contributed by atoms with Crippen molar-refractivity contribution in [2.75, 3.05) is 63.2 Å². The highest BCUT2D eigenvalue weighted by atomic mass is 19.1. The van der Waals surface area contributed by atoms with E-state index < -0.39 is 0 Å². The molecule has 5 N–H and O–H groups in total. The van der Waals surface area contributed by atoms with Crippen molar-refractivity contribution >= 4 is 23.8 Å². The van der Waals surface area contributed by atoms with Crippen LogP contribution in [0.25, 0.3) is 0 Å². The van der Waals surface area contributed by atoms with Gasteiger partial charge in [0.05, 0.1) is 11.4 Å². The van der Waals surface area contributed by atoms with Gasteiger partial charge in [0.2, 0.25) is 0 Å². The van der Waals surface area contributed by atoms with E-state index in [1.54, 1.807) is 32.3 Å². The van der Waals surface area contributed by atoms with E-state index in [0.29, 0.717) is 11.0 Å². The molecule has 1 aromatic rings. The lowest BCUT2D eigenvalue weighted by atomic mass is 9.79. The number of aryl methyl sites for hydroxylation is 1. The first kappa shape index (κ1) is 34.2. The molecule has 1 spiro atoms. The van der Waals surface area contributed by atoms with Gasteiger partial charge in [-0.05, 0) is 109 Å². The maximum absolute atomic E-state index is 12.9. The van der Waals surface area contributed by atoms with Crippen LogP contribution in [-0.4, -0.2) is 58.4 Å². The summed E-state index contributed by atoms with van der Waals surface area (Å²) in [6.45, 7) is 20.2. The Morgan fingerprint density at radius 1 is 1.19 bits per heavy atom. The average molecular weight is 517 g/mol. The third kappa shape index (κ3) is 11.9. The van der Waals surface area contributed by atoms with Crippen LogP contribution in [0, 0.1) is 12.3 Å². The molecule has 210 valence electrons. The summed E-state index contributed by atoms with van der Waals surface area (Å²) >= 11 is 0. The van der Waals surface area contributed by atoms with Crippen LogP contribution in [0.3, 0.4) is 0 Å².